The number of carbonyl (C=O) groups is 5. The molecule has 0 spiro atoms. The highest BCUT2D eigenvalue weighted by Crippen LogP contribution is 2.30. The molecule has 15 nitrogen and oxygen atoms in total. The molecule has 6 aromatic rings. The number of piperidine rings is 2. The molecule has 5 heterocycles. The number of halogens is 1. The second kappa shape index (κ2) is 20.6. The van der Waals surface area contributed by atoms with Crippen LogP contribution in [0.25, 0.3) is 22.0 Å². The Morgan fingerprint density at radius 1 is 0.868 bits per heavy atom. The van der Waals surface area contributed by atoms with E-state index in [1.807, 2.05) is 71.8 Å². The molecule has 9 rings (SSSR count). The number of amides is 4. The summed E-state index contributed by atoms with van der Waals surface area (Å²) in [5.41, 5.74) is 6.31. The summed E-state index contributed by atoms with van der Waals surface area (Å²) >= 11 is 0. The summed E-state index contributed by atoms with van der Waals surface area (Å²) in [6.45, 7) is 6.05. The van der Waals surface area contributed by atoms with E-state index in [9.17, 15) is 24.0 Å². The van der Waals surface area contributed by atoms with Gasteiger partial charge in [-0.25, -0.2) is 4.39 Å². The fourth-order valence-corrected chi connectivity index (χ4v) is 9.49. The van der Waals surface area contributed by atoms with Crippen LogP contribution in [0.1, 0.15) is 69.1 Å². The summed E-state index contributed by atoms with van der Waals surface area (Å²) in [6.07, 6.45) is 8.22. The molecule has 2 unspecified atom stereocenters. The van der Waals surface area contributed by atoms with Crippen molar-refractivity contribution in [2.24, 2.45) is 5.92 Å². The number of ketones is 1. The molecule has 2 aromatic heterocycles. The van der Waals surface area contributed by atoms with Crippen molar-refractivity contribution in [3.63, 3.8) is 0 Å². The van der Waals surface area contributed by atoms with Crippen molar-refractivity contribution >= 4 is 46.0 Å². The number of hydrogen-bond acceptors (Lipinski definition) is 10. The molecule has 0 bridgehead atoms. The van der Waals surface area contributed by atoms with Gasteiger partial charge in [0, 0.05) is 98.9 Å². The molecule has 3 aliphatic rings. The van der Waals surface area contributed by atoms with E-state index in [-0.39, 0.29) is 42.5 Å². The van der Waals surface area contributed by atoms with Gasteiger partial charge in [-0.05, 0) is 84.7 Å². The van der Waals surface area contributed by atoms with Crippen LogP contribution in [0, 0.1) is 23.1 Å². The number of rotatable bonds is 15. The lowest BCUT2D eigenvalue weighted by Crippen LogP contribution is -2.52. The van der Waals surface area contributed by atoms with E-state index in [0.29, 0.717) is 61.9 Å². The molecule has 348 valence electrons. The molecule has 4 aromatic carbocycles. The number of H-pyrrole nitrogens is 1. The van der Waals surface area contributed by atoms with Crippen LogP contribution in [0.15, 0.2) is 110 Å². The number of piperazine rings is 1. The molecular formula is C52H53FN10O5. The zero-order valence-corrected chi connectivity index (χ0v) is 37.6. The van der Waals surface area contributed by atoms with Crippen LogP contribution in [0.5, 0.6) is 0 Å². The van der Waals surface area contributed by atoms with Gasteiger partial charge in [0.1, 0.15) is 18.4 Å². The number of likely N-dealkylation sites (tertiary alicyclic amines) is 1. The second-order valence-corrected chi connectivity index (χ2v) is 17.9. The van der Waals surface area contributed by atoms with Crippen LogP contribution in [-0.4, -0.2) is 112 Å². The first kappa shape index (κ1) is 45.7. The van der Waals surface area contributed by atoms with E-state index < -0.39 is 29.7 Å². The Kier molecular flexibility index (Phi) is 13.8. The van der Waals surface area contributed by atoms with E-state index in [0.717, 1.165) is 65.6 Å². The molecule has 4 amide bonds. The van der Waals surface area contributed by atoms with Gasteiger partial charge in [0.2, 0.25) is 17.7 Å². The summed E-state index contributed by atoms with van der Waals surface area (Å²) in [6, 6.07) is 28.4. The van der Waals surface area contributed by atoms with Crippen LogP contribution >= 0.6 is 0 Å². The number of nitriles is 1. The number of nitrogens with one attached hydrogen (secondary N) is 4. The standard InChI is InChI=1S/C52H53FN10O5/c53-44-27-40(11-13-42(44)51(67)58-45-14-15-47(64)59-52(45)68)61-24-22-60(23-25-61)31-36-17-20-62(21-18-36)48(65)33-63-32-39(29-57-63)38-10-12-41-43(30-56-46(41)26-38)50(66)49(37-4-2-1-3-5-37)55-19-16-34-6-8-35(28-54)9-7-34/h1-13,26-27,29-30,32,36,45,49,55-56H,14-25,31,33H2,(H,58,67)(H,59,64,68). The maximum Gasteiger partial charge on any atom is 0.254 e. The molecule has 3 fully saturated rings. The van der Waals surface area contributed by atoms with E-state index in [1.54, 1.807) is 35.3 Å². The smallest absolute Gasteiger partial charge is 0.254 e. The molecule has 2 atom stereocenters. The monoisotopic (exact) mass is 916 g/mol. The predicted octanol–water partition coefficient (Wildman–Crippen LogP) is 5.39. The molecule has 3 saturated heterocycles. The SMILES string of the molecule is N#Cc1ccc(CCNC(C(=O)c2c[nH]c3cc(-c4cnn(CC(=O)N5CCC(CN6CCN(c7ccc(C(=O)NC8CCC(=O)NC8=O)c(F)c7)CC6)CC5)c4)ccc23)c2ccccc2)cc1. The van der Waals surface area contributed by atoms with Gasteiger partial charge in [-0.3, -0.25) is 38.9 Å². The van der Waals surface area contributed by atoms with E-state index in [1.165, 1.54) is 12.1 Å². The molecule has 16 heteroatoms. The molecular weight excluding hydrogens is 864 g/mol. The van der Waals surface area contributed by atoms with Crippen molar-refractivity contribution in [3.8, 4) is 17.2 Å². The highest BCUT2D eigenvalue weighted by Gasteiger charge is 2.30. The quantitative estimate of drug-likeness (QED) is 0.0768. The number of imide groups is 1. The Bertz CT molecular complexity index is 2860. The molecule has 0 saturated carbocycles. The van der Waals surface area contributed by atoms with Crippen LogP contribution < -0.4 is 20.9 Å². The minimum atomic E-state index is -0.879. The summed E-state index contributed by atoms with van der Waals surface area (Å²) in [5.74, 6) is -1.89. The van der Waals surface area contributed by atoms with Crippen LogP contribution in [0.2, 0.25) is 0 Å². The van der Waals surface area contributed by atoms with Crippen molar-refractivity contribution in [3.05, 3.63) is 143 Å². The first-order valence-electron chi connectivity index (χ1n) is 23.2. The number of aromatic nitrogens is 3. The molecule has 68 heavy (non-hydrogen) atoms. The van der Waals surface area contributed by atoms with E-state index in [4.69, 9.17) is 5.26 Å². The Morgan fingerprint density at radius 2 is 1.65 bits per heavy atom. The number of aromatic amines is 1. The van der Waals surface area contributed by atoms with Crippen molar-refractivity contribution < 1.29 is 28.4 Å². The number of nitrogens with zero attached hydrogens (tertiary/aromatic N) is 6. The Hall–Kier alpha value is -7.48. The van der Waals surface area contributed by atoms with Crippen molar-refractivity contribution in [2.45, 2.75) is 50.7 Å². The highest BCUT2D eigenvalue weighted by atomic mass is 19.1. The van der Waals surface area contributed by atoms with Crippen molar-refractivity contribution in [1.82, 2.24) is 40.5 Å². The molecule has 0 aliphatic carbocycles. The van der Waals surface area contributed by atoms with Crippen molar-refractivity contribution in [1.29, 1.82) is 5.26 Å². The minimum absolute atomic E-state index is 0.0277. The molecule has 4 N–H and O–H groups in total. The van der Waals surface area contributed by atoms with Gasteiger partial charge >= 0.3 is 0 Å². The van der Waals surface area contributed by atoms with E-state index in [2.05, 4.69) is 41.9 Å². The Labute approximate surface area is 393 Å². The normalized spacial score (nSPS) is 17.4. The summed E-state index contributed by atoms with van der Waals surface area (Å²) in [7, 11) is 0. The van der Waals surface area contributed by atoms with Gasteiger partial charge in [-0.2, -0.15) is 10.4 Å². The fraction of sp³-hybridized carbons (Fsp3) is 0.327. The Balaban J connectivity index is 0.732. The Morgan fingerprint density at radius 3 is 2.38 bits per heavy atom. The summed E-state index contributed by atoms with van der Waals surface area (Å²) < 4.78 is 16.8. The number of carbonyl (C=O) groups excluding carboxylic acids is 5. The number of anilines is 1. The predicted molar refractivity (Wildman–Crippen MR) is 254 cm³/mol. The third-order valence-electron chi connectivity index (χ3n) is 13.4. The first-order chi connectivity index (χ1) is 33.1. The lowest BCUT2D eigenvalue weighted by molar-refractivity contribution is -0.135. The number of benzene rings is 4. The maximum atomic E-state index is 15.1. The van der Waals surface area contributed by atoms with Gasteiger partial charge in [0.25, 0.3) is 5.91 Å². The fourth-order valence-electron chi connectivity index (χ4n) is 9.49. The average Bonchev–Trinajstić information content (AvgIpc) is 4.02. The summed E-state index contributed by atoms with van der Waals surface area (Å²) in [4.78, 5) is 73.6. The maximum absolute atomic E-state index is 15.1. The lowest BCUT2D eigenvalue weighted by atomic mass is 9.95. The molecule has 0 radical (unpaired) electrons. The van der Waals surface area contributed by atoms with Crippen molar-refractivity contribution in [2.75, 3.05) is 57.3 Å². The van der Waals surface area contributed by atoms with Gasteiger partial charge in [-0.15, -0.1) is 0 Å². The lowest BCUT2D eigenvalue weighted by Gasteiger charge is -2.39. The number of fused-ring (bicyclic) bond motifs is 1. The molecule has 3 aliphatic heterocycles. The van der Waals surface area contributed by atoms with Gasteiger partial charge in [0.15, 0.2) is 5.78 Å². The second-order valence-electron chi connectivity index (χ2n) is 17.9. The van der Waals surface area contributed by atoms with Gasteiger partial charge < -0.3 is 25.4 Å². The average molecular weight is 917 g/mol. The first-order valence-corrected chi connectivity index (χ1v) is 23.2. The number of Topliss-reactive ketones (excluding diaryl/α,β-unsaturated/α-hetero) is 1. The van der Waals surface area contributed by atoms with E-state index >= 15 is 4.39 Å². The summed E-state index contributed by atoms with van der Waals surface area (Å²) in [5, 5.41) is 22.7. The third-order valence-corrected chi connectivity index (χ3v) is 13.4. The minimum Gasteiger partial charge on any atom is -0.369 e. The zero-order valence-electron chi connectivity index (χ0n) is 37.6. The third kappa shape index (κ3) is 10.5. The topological polar surface area (TPSA) is 189 Å². The van der Waals surface area contributed by atoms with Crippen LogP contribution in [0.3, 0.4) is 0 Å². The van der Waals surface area contributed by atoms with Crippen LogP contribution in [-0.2, 0) is 27.3 Å². The van der Waals surface area contributed by atoms with Gasteiger partial charge in [0.05, 0.1) is 29.4 Å². The number of hydrogen-bond donors (Lipinski definition) is 4. The highest BCUT2D eigenvalue weighted by molar-refractivity contribution is 6.11. The zero-order chi connectivity index (χ0) is 47.1. The van der Waals surface area contributed by atoms with Gasteiger partial charge in [-0.1, -0.05) is 54.6 Å². The van der Waals surface area contributed by atoms with Crippen LogP contribution in [0.4, 0.5) is 10.1 Å². The largest absolute Gasteiger partial charge is 0.369 e.